The van der Waals surface area contributed by atoms with E-state index in [0.717, 1.165) is 58.0 Å². The van der Waals surface area contributed by atoms with Gasteiger partial charge >= 0.3 is 0 Å². The van der Waals surface area contributed by atoms with Crippen LogP contribution in [0.2, 0.25) is 0 Å². The first-order chi connectivity index (χ1) is 15.1. The normalized spacial score (nSPS) is 11.9. The lowest BCUT2D eigenvalue weighted by atomic mass is 9.91. The average molecular weight is 449 g/mol. The summed E-state index contributed by atoms with van der Waals surface area (Å²) in [6, 6.07) is 4.46. The molecule has 0 unspecified atom stereocenters. The van der Waals surface area contributed by atoms with Crippen molar-refractivity contribution in [2.24, 2.45) is 11.8 Å². The highest BCUT2D eigenvalue weighted by Crippen LogP contribution is 2.23. The minimum atomic E-state index is -1.93. The summed E-state index contributed by atoms with van der Waals surface area (Å²) >= 11 is 0. The van der Waals surface area contributed by atoms with Gasteiger partial charge in [0.1, 0.15) is 21.4 Å². The lowest BCUT2D eigenvalue weighted by Crippen LogP contribution is -2.46. The third kappa shape index (κ3) is 5.37. The van der Waals surface area contributed by atoms with Crippen LogP contribution in [-0.4, -0.2) is 21.4 Å². The van der Waals surface area contributed by atoms with Crippen molar-refractivity contribution in [3.05, 3.63) is 68.4 Å². The topological polar surface area (TPSA) is 34.1 Å². The first kappa shape index (κ1) is 26.0. The Bertz CT molecular complexity index is 951. The summed E-state index contributed by atoms with van der Waals surface area (Å²) in [5.41, 5.74) is 11.2. The van der Waals surface area contributed by atoms with Crippen molar-refractivity contribution in [2.75, 3.05) is 0 Å². The summed E-state index contributed by atoms with van der Waals surface area (Å²) < 4.78 is 0. The maximum absolute atomic E-state index is 12.3. The van der Waals surface area contributed by atoms with E-state index in [-0.39, 0.29) is 0 Å². The quantitative estimate of drug-likeness (QED) is 0.380. The van der Waals surface area contributed by atoms with Crippen LogP contribution in [-0.2, 0) is 12.8 Å². The van der Waals surface area contributed by atoms with Crippen LogP contribution in [0.1, 0.15) is 88.7 Å². The summed E-state index contributed by atoms with van der Waals surface area (Å²) in [7, 11) is -1.93. The van der Waals surface area contributed by atoms with Crippen LogP contribution in [0.3, 0.4) is 0 Å². The molecule has 0 aliphatic rings. The predicted octanol–water partition coefficient (Wildman–Crippen LogP) is 5.40. The number of aldehydes is 2. The molecule has 2 aromatic carbocycles. The van der Waals surface area contributed by atoms with Gasteiger partial charge in [0.05, 0.1) is 0 Å². The second-order valence-corrected chi connectivity index (χ2v) is 12.6. The van der Waals surface area contributed by atoms with E-state index in [2.05, 4.69) is 79.3 Å². The van der Waals surface area contributed by atoms with Gasteiger partial charge in [-0.05, 0) is 103 Å². The molecule has 0 saturated carbocycles. The summed E-state index contributed by atoms with van der Waals surface area (Å²) in [6.07, 6.45) is 6.09. The summed E-state index contributed by atoms with van der Waals surface area (Å²) in [5.74, 6) is 1.06. The zero-order valence-electron chi connectivity index (χ0n) is 21.4. The molecule has 0 aromatic heterocycles. The van der Waals surface area contributed by atoms with Gasteiger partial charge in [0, 0.05) is 11.1 Å². The van der Waals surface area contributed by atoms with Crippen LogP contribution in [0.4, 0.5) is 0 Å². The van der Waals surface area contributed by atoms with Crippen molar-refractivity contribution < 1.29 is 9.59 Å². The van der Waals surface area contributed by atoms with Gasteiger partial charge in [0.25, 0.3) is 0 Å². The molecule has 0 saturated heterocycles. The van der Waals surface area contributed by atoms with Gasteiger partial charge in [-0.1, -0.05) is 51.6 Å². The highest BCUT2D eigenvalue weighted by Gasteiger charge is 2.25. The van der Waals surface area contributed by atoms with Crippen molar-refractivity contribution in [2.45, 2.75) is 75.2 Å². The van der Waals surface area contributed by atoms with E-state index in [1.165, 1.54) is 22.3 Å². The van der Waals surface area contributed by atoms with Gasteiger partial charge in [0.2, 0.25) is 0 Å². The fourth-order valence-corrected chi connectivity index (χ4v) is 8.22. The zero-order valence-corrected chi connectivity index (χ0v) is 22.6. The van der Waals surface area contributed by atoms with E-state index in [0.29, 0.717) is 11.8 Å². The molecule has 0 aliphatic heterocycles. The van der Waals surface area contributed by atoms with E-state index in [9.17, 15) is 9.59 Å². The second-order valence-electron chi connectivity index (χ2n) is 10.0. The minimum Gasteiger partial charge on any atom is -0.298 e. The first-order valence-corrected chi connectivity index (χ1v) is 13.7. The molecule has 2 rings (SSSR count). The summed E-state index contributed by atoms with van der Waals surface area (Å²) in [4.78, 5) is 24.7. The Morgan fingerprint density at radius 2 is 1.12 bits per heavy atom. The molecule has 0 aliphatic carbocycles. The third-order valence-electron chi connectivity index (χ3n) is 6.55. The fourth-order valence-electron chi connectivity index (χ4n) is 4.99. The molecule has 0 N–H and O–H groups in total. The maximum atomic E-state index is 12.3. The largest absolute Gasteiger partial charge is 0.298 e. The van der Waals surface area contributed by atoms with Gasteiger partial charge in [-0.3, -0.25) is 9.59 Å². The molecule has 2 aromatic rings. The third-order valence-corrected chi connectivity index (χ3v) is 9.61. The lowest BCUT2D eigenvalue weighted by Gasteiger charge is -2.24. The van der Waals surface area contributed by atoms with E-state index in [1.807, 2.05) is 6.92 Å². The molecule has 0 amide bonds. The molecule has 3 heteroatoms. The van der Waals surface area contributed by atoms with E-state index >= 15 is 0 Å². The van der Waals surface area contributed by atoms with Crippen molar-refractivity contribution in [1.29, 1.82) is 0 Å². The number of hydrogen-bond acceptors (Lipinski definition) is 2. The summed E-state index contributed by atoms with van der Waals surface area (Å²) in [6.45, 7) is 19.4. The number of benzene rings is 2. The Balaban J connectivity index is 2.84. The molecule has 172 valence electrons. The molecular weight excluding hydrogens is 408 g/mol. The van der Waals surface area contributed by atoms with Crippen molar-refractivity contribution >= 4 is 31.7 Å². The van der Waals surface area contributed by atoms with E-state index in [4.69, 9.17) is 0 Å². The minimum absolute atomic E-state index is 0.529. The van der Waals surface area contributed by atoms with Crippen molar-refractivity contribution in [3.8, 4) is 0 Å². The Morgan fingerprint density at radius 3 is 1.41 bits per heavy atom. The molecule has 0 fully saturated rings. The van der Waals surface area contributed by atoms with Crippen LogP contribution in [0, 0.1) is 39.5 Å². The van der Waals surface area contributed by atoms with Crippen molar-refractivity contribution in [3.63, 3.8) is 0 Å². The maximum Gasteiger partial charge on any atom is 0.150 e. The lowest BCUT2D eigenvalue weighted by molar-refractivity contribution is 0.111. The Labute approximate surface area is 196 Å². The molecule has 0 bridgehead atoms. The van der Waals surface area contributed by atoms with Gasteiger partial charge in [0.15, 0.2) is 0 Å². The number of rotatable bonds is 9. The number of carbonyl (C=O) groups is 2. The predicted molar refractivity (Wildman–Crippen MR) is 141 cm³/mol. The Morgan fingerprint density at radius 1 is 0.750 bits per heavy atom. The van der Waals surface area contributed by atoms with Gasteiger partial charge < -0.3 is 0 Å². The molecule has 0 radical (unpaired) electrons. The standard InChI is InChI=1S/C29H40O2Si/c1-10-11-32(28-14-20(6)24(12-18(2)3)22(8)26(28)16-30)29-15-21(7)25(13-19(4)5)23(9)27(29)17-31/h10-11,14-19,32H,12-13H2,1-9H3. The highest BCUT2D eigenvalue weighted by atomic mass is 28.3. The van der Waals surface area contributed by atoms with Crippen LogP contribution >= 0.6 is 0 Å². The highest BCUT2D eigenvalue weighted by molar-refractivity contribution is 6.90. The zero-order chi connectivity index (χ0) is 24.2. The monoisotopic (exact) mass is 448 g/mol. The molecule has 0 heterocycles. The molecule has 32 heavy (non-hydrogen) atoms. The number of hydrogen-bond donors (Lipinski definition) is 0. The smallest absolute Gasteiger partial charge is 0.150 e. The van der Waals surface area contributed by atoms with Gasteiger partial charge in [-0.25, -0.2) is 0 Å². The molecule has 0 atom stereocenters. The number of aryl methyl sites for hydroxylation is 2. The Hall–Kier alpha value is -2.26. The first-order valence-electron chi connectivity index (χ1n) is 11.9. The van der Waals surface area contributed by atoms with E-state index < -0.39 is 8.80 Å². The SMILES string of the molecule is CC=C[SiH](c1cc(C)c(CC(C)C)c(C)c1C=O)c1cc(C)c(CC(C)C)c(C)c1C=O. The van der Waals surface area contributed by atoms with E-state index in [1.54, 1.807) is 0 Å². The second kappa shape index (κ2) is 11.0. The van der Waals surface area contributed by atoms with Crippen LogP contribution in [0.5, 0.6) is 0 Å². The number of allylic oxidation sites excluding steroid dienone is 1. The summed E-state index contributed by atoms with van der Waals surface area (Å²) in [5, 5.41) is 2.25. The molecule has 0 spiro atoms. The molecular formula is C29H40O2Si. The fraction of sp³-hybridized carbons (Fsp3) is 0.448. The van der Waals surface area contributed by atoms with Crippen LogP contribution in [0.15, 0.2) is 23.9 Å². The molecule has 2 nitrogen and oxygen atoms in total. The van der Waals surface area contributed by atoms with Gasteiger partial charge in [-0.15, -0.1) is 0 Å². The van der Waals surface area contributed by atoms with Crippen LogP contribution in [0.25, 0.3) is 0 Å². The van der Waals surface area contributed by atoms with Crippen molar-refractivity contribution in [1.82, 2.24) is 0 Å². The Kier molecular flexibility index (Phi) is 8.97. The van der Waals surface area contributed by atoms with Gasteiger partial charge in [-0.2, -0.15) is 0 Å². The number of carbonyl (C=O) groups excluding carboxylic acids is 2. The average Bonchev–Trinajstić information content (AvgIpc) is 2.71. The van der Waals surface area contributed by atoms with Crippen LogP contribution < -0.4 is 10.4 Å².